The van der Waals surface area contributed by atoms with Gasteiger partial charge < -0.3 is 4.90 Å². The van der Waals surface area contributed by atoms with Crippen LogP contribution in [0, 0.1) is 12.7 Å². The zero-order valence-electron chi connectivity index (χ0n) is 12.2. The maximum absolute atomic E-state index is 13.3. The number of sulfonamides is 1. The Labute approximate surface area is 133 Å². The summed E-state index contributed by atoms with van der Waals surface area (Å²) in [6, 6.07) is 9.88. The van der Waals surface area contributed by atoms with Crippen LogP contribution in [0.1, 0.15) is 4.88 Å². The molecule has 4 nitrogen and oxygen atoms in total. The topological polar surface area (TPSA) is 40.6 Å². The number of hydrogen-bond acceptors (Lipinski definition) is 4. The van der Waals surface area contributed by atoms with E-state index in [4.69, 9.17) is 0 Å². The Morgan fingerprint density at radius 2 is 1.82 bits per heavy atom. The molecule has 0 bridgehead atoms. The van der Waals surface area contributed by atoms with Crippen LogP contribution in [0.5, 0.6) is 0 Å². The predicted octanol–water partition coefficient (Wildman–Crippen LogP) is 2.71. The van der Waals surface area contributed by atoms with Gasteiger partial charge in [0.25, 0.3) is 10.0 Å². The van der Waals surface area contributed by atoms with Crippen LogP contribution in [0.3, 0.4) is 0 Å². The van der Waals surface area contributed by atoms with E-state index in [-0.39, 0.29) is 5.82 Å². The Bertz CT molecular complexity index is 765. The number of anilines is 1. The van der Waals surface area contributed by atoms with Gasteiger partial charge in [-0.3, -0.25) is 0 Å². The van der Waals surface area contributed by atoms with Crippen LogP contribution in [-0.4, -0.2) is 38.9 Å². The summed E-state index contributed by atoms with van der Waals surface area (Å²) < 4.78 is 40.3. The van der Waals surface area contributed by atoms with Crippen molar-refractivity contribution >= 4 is 27.0 Å². The van der Waals surface area contributed by atoms with Gasteiger partial charge in [0.1, 0.15) is 10.0 Å². The second kappa shape index (κ2) is 5.98. The van der Waals surface area contributed by atoms with Crippen molar-refractivity contribution in [1.29, 1.82) is 0 Å². The largest absolute Gasteiger partial charge is 0.369 e. The van der Waals surface area contributed by atoms with Gasteiger partial charge in [-0.2, -0.15) is 4.31 Å². The van der Waals surface area contributed by atoms with Gasteiger partial charge in [-0.25, -0.2) is 12.8 Å². The second-order valence-corrected chi connectivity index (χ2v) is 8.69. The molecular formula is C15H17FN2O2S2. The standard InChI is InChI=1S/C15H17FN2O2S2/c1-12-5-6-15(21-12)22(19,20)18-9-7-17(8-10-18)14-4-2-3-13(16)11-14/h2-6,11H,7-10H2,1H3. The molecule has 1 aromatic heterocycles. The lowest BCUT2D eigenvalue weighted by atomic mass is 10.2. The first-order valence-electron chi connectivity index (χ1n) is 7.04. The van der Waals surface area contributed by atoms with Crippen LogP contribution < -0.4 is 4.90 Å². The Kier molecular flexibility index (Phi) is 4.20. The third kappa shape index (κ3) is 3.02. The molecule has 0 radical (unpaired) electrons. The fraction of sp³-hybridized carbons (Fsp3) is 0.333. The molecular weight excluding hydrogens is 323 g/mol. The first-order valence-corrected chi connectivity index (χ1v) is 9.29. The monoisotopic (exact) mass is 340 g/mol. The fourth-order valence-corrected chi connectivity index (χ4v) is 5.40. The van der Waals surface area contributed by atoms with E-state index in [1.54, 1.807) is 12.1 Å². The number of aryl methyl sites for hydroxylation is 1. The molecule has 2 aromatic rings. The highest BCUT2D eigenvalue weighted by Crippen LogP contribution is 2.26. The predicted molar refractivity (Wildman–Crippen MR) is 86.4 cm³/mol. The smallest absolute Gasteiger partial charge is 0.252 e. The Morgan fingerprint density at radius 3 is 2.41 bits per heavy atom. The summed E-state index contributed by atoms with van der Waals surface area (Å²) in [4.78, 5) is 2.99. The van der Waals surface area contributed by atoms with Gasteiger partial charge >= 0.3 is 0 Å². The van der Waals surface area contributed by atoms with Crippen molar-refractivity contribution in [2.24, 2.45) is 0 Å². The summed E-state index contributed by atoms with van der Waals surface area (Å²) in [5.74, 6) is -0.276. The number of rotatable bonds is 3. The lowest BCUT2D eigenvalue weighted by Gasteiger charge is -2.35. The van der Waals surface area contributed by atoms with E-state index in [0.717, 1.165) is 10.6 Å². The van der Waals surface area contributed by atoms with Crippen molar-refractivity contribution in [3.05, 3.63) is 47.1 Å². The molecule has 0 spiro atoms. The van der Waals surface area contributed by atoms with E-state index in [1.165, 1.54) is 27.8 Å². The van der Waals surface area contributed by atoms with Crippen molar-refractivity contribution in [2.75, 3.05) is 31.1 Å². The van der Waals surface area contributed by atoms with Gasteiger partial charge in [-0.1, -0.05) is 6.07 Å². The van der Waals surface area contributed by atoms with Crippen LogP contribution in [-0.2, 0) is 10.0 Å². The summed E-state index contributed by atoms with van der Waals surface area (Å²) in [7, 11) is -3.40. The van der Waals surface area contributed by atoms with Gasteiger partial charge in [0.2, 0.25) is 0 Å². The first kappa shape index (κ1) is 15.5. The minimum atomic E-state index is -3.40. The number of benzene rings is 1. The van der Waals surface area contributed by atoms with Crippen molar-refractivity contribution in [3.63, 3.8) is 0 Å². The van der Waals surface area contributed by atoms with E-state index in [0.29, 0.717) is 30.4 Å². The van der Waals surface area contributed by atoms with Gasteiger partial charge in [-0.15, -0.1) is 11.3 Å². The van der Waals surface area contributed by atoms with Gasteiger partial charge in [0.05, 0.1) is 0 Å². The molecule has 0 saturated carbocycles. The maximum atomic E-state index is 13.3. The van der Waals surface area contributed by atoms with Crippen LogP contribution in [0.2, 0.25) is 0 Å². The average molecular weight is 340 g/mol. The van der Waals surface area contributed by atoms with E-state index in [9.17, 15) is 12.8 Å². The third-order valence-corrected chi connectivity index (χ3v) is 7.09. The number of halogens is 1. The molecule has 3 rings (SSSR count). The molecule has 0 amide bonds. The molecule has 1 aliphatic heterocycles. The van der Waals surface area contributed by atoms with Crippen molar-refractivity contribution < 1.29 is 12.8 Å². The quantitative estimate of drug-likeness (QED) is 0.863. The molecule has 0 unspecified atom stereocenters. The maximum Gasteiger partial charge on any atom is 0.252 e. The number of piperazine rings is 1. The Morgan fingerprint density at radius 1 is 1.09 bits per heavy atom. The van der Waals surface area contributed by atoms with Crippen molar-refractivity contribution in [2.45, 2.75) is 11.1 Å². The van der Waals surface area contributed by atoms with E-state index >= 15 is 0 Å². The molecule has 0 aliphatic carbocycles. The molecule has 1 fully saturated rings. The summed E-state index contributed by atoms with van der Waals surface area (Å²) in [6.45, 7) is 3.84. The van der Waals surface area contributed by atoms with Crippen molar-refractivity contribution in [3.8, 4) is 0 Å². The average Bonchev–Trinajstić information content (AvgIpc) is 2.95. The molecule has 2 heterocycles. The van der Waals surface area contributed by atoms with Gasteiger partial charge in [0.15, 0.2) is 0 Å². The van der Waals surface area contributed by atoms with Gasteiger partial charge in [0, 0.05) is 36.7 Å². The highest BCUT2D eigenvalue weighted by Gasteiger charge is 2.29. The molecule has 22 heavy (non-hydrogen) atoms. The molecule has 0 atom stereocenters. The fourth-order valence-electron chi connectivity index (χ4n) is 2.54. The zero-order chi connectivity index (χ0) is 15.7. The molecule has 1 aromatic carbocycles. The third-order valence-electron chi connectivity index (χ3n) is 3.72. The zero-order valence-corrected chi connectivity index (χ0v) is 13.8. The van der Waals surface area contributed by atoms with E-state index < -0.39 is 10.0 Å². The Hall–Kier alpha value is -1.44. The SMILES string of the molecule is Cc1ccc(S(=O)(=O)N2CCN(c3cccc(F)c3)CC2)s1. The number of nitrogens with zero attached hydrogens (tertiary/aromatic N) is 2. The molecule has 1 aliphatic rings. The minimum Gasteiger partial charge on any atom is -0.369 e. The van der Waals surface area contributed by atoms with Gasteiger partial charge in [-0.05, 0) is 37.3 Å². The number of thiophene rings is 1. The van der Waals surface area contributed by atoms with E-state index in [2.05, 4.69) is 0 Å². The van der Waals surface area contributed by atoms with E-state index in [1.807, 2.05) is 24.0 Å². The molecule has 7 heteroatoms. The first-order chi connectivity index (χ1) is 10.5. The highest BCUT2D eigenvalue weighted by atomic mass is 32.2. The highest BCUT2D eigenvalue weighted by molar-refractivity contribution is 7.91. The summed E-state index contributed by atoms with van der Waals surface area (Å²) in [6.07, 6.45) is 0. The molecule has 0 N–H and O–H groups in total. The van der Waals surface area contributed by atoms with Crippen LogP contribution >= 0.6 is 11.3 Å². The lowest BCUT2D eigenvalue weighted by Crippen LogP contribution is -2.48. The Balaban J connectivity index is 1.72. The molecule has 1 saturated heterocycles. The summed E-state index contributed by atoms with van der Waals surface area (Å²) >= 11 is 1.29. The summed E-state index contributed by atoms with van der Waals surface area (Å²) in [5, 5.41) is 0. The minimum absolute atomic E-state index is 0.276. The lowest BCUT2D eigenvalue weighted by molar-refractivity contribution is 0.385. The number of hydrogen-bond donors (Lipinski definition) is 0. The van der Waals surface area contributed by atoms with Crippen LogP contribution in [0.25, 0.3) is 0 Å². The van der Waals surface area contributed by atoms with Crippen LogP contribution in [0.15, 0.2) is 40.6 Å². The van der Waals surface area contributed by atoms with Crippen LogP contribution in [0.4, 0.5) is 10.1 Å². The van der Waals surface area contributed by atoms with Crippen molar-refractivity contribution in [1.82, 2.24) is 4.31 Å². The second-order valence-electron chi connectivity index (χ2n) is 5.24. The molecule has 118 valence electrons. The summed E-state index contributed by atoms with van der Waals surface area (Å²) in [5.41, 5.74) is 0.795. The normalized spacial score (nSPS) is 16.9.